The molecule has 3 heterocycles. The largest absolute Gasteiger partial charge is 0.483 e. The van der Waals surface area contributed by atoms with Gasteiger partial charge in [0.05, 0.1) is 18.3 Å². The number of benzene rings is 2. The minimum absolute atomic E-state index is 0.0834. The molecule has 1 saturated heterocycles. The van der Waals surface area contributed by atoms with Gasteiger partial charge >= 0.3 is 6.18 Å². The van der Waals surface area contributed by atoms with E-state index in [4.69, 9.17) is 4.74 Å². The zero-order valence-corrected chi connectivity index (χ0v) is 19.9. The van der Waals surface area contributed by atoms with Crippen molar-refractivity contribution in [2.75, 3.05) is 18.1 Å². The monoisotopic (exact) mass is 513 g/mol. The van der Waals surface area contributed by atoms with Crippen molar-refractivity contribution >= 4 is 17.5 Å². The third-order valence-electron chi connectivity index (χ3n) is 6.70. The van der Waals surface area contributed by atoms with Crippen LogP contribution in [-0.4, -0.2) is 41.0 Å². The van der Waals surface area contributed by atoms with Crippen LogP contribution in [0, 0.1) is 5.82 Å². The summed E-state index contributed by atoms with van der Waals surface area (Å²) in [6.07, 6.45) is -1.82. The van der Waals surface area contributed by atoms with E-state index < -0.39 is 18.6 Å². The second-order valence-electron chi connectivity index (χ2n) is 9.08. The van der Waals surface area contributed by atoms with E-state index in [0.29, 0.717) is 23.2 Å². The summed E-state index contributed by atoms with van der Waals surface area (Å²) in [4.78, 5) is 33.0. The van der Waals surface area contributed by atoms with Gasteiger partial charge in [0.2, 0.25) is 5.91 Å². The molecule has 0 saturated carbocycles. The number of carbonyl (C=O) groups excluding carboxylic acids is 2. The van der Waals surface area contributed by atoms with Crippen LogP contribution in [-0.2, 0) is 11.3 Å². The van der Waals surface area contributed by atoms with Gasteiger partial charge in [-0.15, -0.1) is 0 Å². The van der Waals surface area contributed by atoms with E-state index in [1.807, 2.05) is 24.0 Å². The average molecular weight is 513 g/mol. The van der Waals surface area contributed by atoms with Gasteiger partial charge in [-0.1, -0.05) is 12.1 Å². The predicted molar refractivity (Wildman–Crippen MR) is 127 cm³/mol. The third kappa shape index (κ3) is 4.87. The number of likely N-dealkylation sites (tertiary alicyclic amines) is 1. The number of nitrogens with zero attached hydrogens (tertiary/aromatic N) is 3. The Kier molecular flexibility index (Phi) is 6.35. The van der Waals surface area contributed by atoms with Gasteiger partial charge in [-0.2, -0.15) is 13.2 Å². The molecule has 6 nitrogen and oxygen atoms in total. The predicted octanol–water partition coefficient (Wildman–Crippen LogP) is 5.67. The smallest absolute Gasteiger partial charge is 0.422 e. The first-order valence-electron chi connectivity index (χ1n) is 11.8. The van der Waals surface area contributed by atoms with Crippen LogP contribution in [0.15, 0.2) is 54.7 Å². The second-order valence-corrected chi connectivity index (χ2v) is 9.08. The van der Waals surface area contributed by atoms with E-state index in [9.17, 15) is 27.2 Å². The maximum atomic E-state index is 13.8. The topological polar surface area (TPSA) is 62.7 Å². The Morgan fingerprint density at radius 2 is 1.81 bits per heavy atom. The van der Waals surface area contributed by atoms with E-state index in [0.717, 1.165) is 30.7 Å². The molecular weight excluding hydrogens is 490 g/mol. The minimum Gasteiger partial charge on any atom is -0.483 e. The first-order valence-corrected chi connectivity index (χ1v) is 11.8. The van der Waals surface area contributed by atoms with E-state index in [-0.39, 0.29) is 41.4 Å². The molecule has 2 aliphatic rings. The van der Waals surface area contributed by atoms with E-state index >= 15 is 0 Å². The summed E-state index contributed by atoms with van der Waals surface area (Å²) in [6, 6.07) is 12.1. The van der Waals surface area contributed by atoms with Crippen molar-refractivity contribution in [1.82, 2.24) is 9.88 Å². The Hall–Kier alpha value is -3.95. The molecule has 1 aromatic heterocycles. The van der Waals surface area contributed by atoms with Gasteiger partial charge in [-0.25, -0.2) is 4.39 Å². The van der Waals surface area contributed by atoms with Gasteiger partial charge in [-0.3, -0.25) is 14.6 Å². The molecule has 2 aromatic carbocycles. The summed E-state index contributed by atoms with van der Waals surface area (Å²) in [7, 11) is 0. The molecule has 2 amide bonds. The summed E-state index contributed by atoms with van der Waals surface area (Å²) in [5.41, 5.74) is 2.86. The van der Waals surface area contributed by atoms with Crippen molar-refractivity contribution in [2.24, 2.45) is 0 Å². The minimum atomic E-state index is -4.60. The molecule has 3 aromatic rings. The van der Waals surface area contributed by atoms with Crippen LogP contribution in [0.4, 0.5) is 23.2 Å². The Morgan fingerprint density at radius 3 is 2.49 bits per heavy atom. The SMILES string of the molecule is C[C@H](c1ccc(N2Cc3c(ccnc3-c3ccc(F)cc3OCC(F)(F)F)C2=O)cc1)N1CCCC1=O. The lowest BCUT2D eigenvalue weighted by molar-refractivity contribution is -0.153. The highest BCUT2D eigenvalue weighted by atomic mass is 19.4. The van der Waals surface area contributed by atoms with Crippen molar-refractivity contribution in [3.8, 4) is 17.0 Å². The average Bonchev–Trinajstić information content (AvgIpc) is 3.45. The number of alkyl halides is 3. The fourth-order valence-corrected chi connectivity index (χ4v) is 4.83. The van der Waals surface area contributed by atoms with Gasteiger partial charge < -0.3 is 14.5 Å². The number of amides is 2. The highest BCUT2D eigenvalue weighted by Crippen LogP contribution is 2.38. The van der Waals surface area contributed by atoms with Gasteiger partial charge in [0, 0.05) is 47.6 Å². The second kappa shape index (κ2) is 9.49. The zero-order valence-electron chi connectivity index (χ0n) is 19.9. The van der Waals surface area contributed by atoms with Crippen LogP contribution in [0.1, 0.15) is 47.3 Å². The fourth-order valence-electron chi connectivity index (χ4n) is 4.83. The molecule has 37 heavy (non-hydrogen) atoms. The molecule has 0 aliphatic carbocycles. The summed E-state index contributed by atoms with van der Waals surface area (Å²) in [5, 5.41) is 0. The number of anilines is 1. The number of carbonyl (C=O) groups is 2. The maximum absolute atomic E-state index is 13.8. The summed E-state index contributed by atoms with van der Waals surface area (Å²) >= 11 is 0. The molecule has 0 bridgehead atoms. The van der Waals surface area contributed by atoms with Crippen molar-refractivity contribution in [2.45, 2.75) is 38.5 Å². The molecule has 2 aliphatic heterocycles. The van der Waals surface area contributed by atoms with Gasteiger partial charge in [-0.05, 0) is 49.2 Å². The molecule has 1 atom stereocenters. The Labute approximate surface area is 210 Å². The molecule has 192 valence electrons. The summed E-state index contributed by atoms with van der Waals surface area (Å²) < 4.78 is 57.0. The lowest BCUT2D eigenvalue weighted by atomic mass is 10.0. The first kappa shape index (κ1) is 24.7. The molecular formula is C27H23F4N3O3. The number of fused-ring (bicyclic) bond motifs is 1. The zero-order chi connectivity index (χ0) is 26.3. The summed E-state index contributed by atoms with van der Waals surface area (Å²) in [5.74, 6) is -1.22. The number of aromatic nitrogens is 1. The lowest BCUT2D eigenvalue weighted by Gasteiger charge is -2.25. The van der Waals surface area contributed by atoms with Crippen LogP contribution in [0.3, 0.4) is 0 Å². The Morgan fingerprint density at radius 1 is 1.05 bits per heavy atom. The molecule has 0 unspecified atom stereocenters. The third-order valence-corrected chi connectivity index (χ3v) is 6.70. The van der Waals surface area contributed by atoms with E-state index in [1.165, 1.54) is 12.3 Å². The number of halogens is 4. The van der Waals surface area contributed by atoms with Gasteiger partial charge in [0.15, 0.2) is 6.61 Å². The van der Waals surface area contributed by atoms with Crippen LogP contribution >= 0.6 is 0 Å². The number of ether oxygens (including phenoxy) is 1. The molecule has 5 rings (SSSR count). The van der Waals surface area contributed by atoms with Crippen molar-refractivity contribution in [1.29, 1.82) is 0 Å². The van der Waals surface area contributed by atoms with Crippen molar-refractivity contribution in [3.63, 3.8) is 0 Å². The van der Waals surface area contributed by atoms with Gasteiger partial charge in [0.1, 0.15) is 11.6 Å². The molecule has 0 radical (unpaired) electrons. The number of hydrogen-bond acceptors (Lipinski definition) is 4. The van der Waals surface area contributed by atoms with Crippen LogP contribution < -0.4 is 9.64 Å². The Balaban J connectivity index is 1.43. The Bertz CT molecular complexity index is 1360. The molecule has 10 heteroatoms. The lowest BCUT2D eigenvalue weighted by Crippen LogP contribution is -2.28. The molecule has 0 N–H and O–H groups in total. The van der Waals surface area contributed by atoms with Crippen molar-refractivity contribution < 1.29 is 31.9 Å². The quantitative estimate of drug-likeness (QED) is 0.399. The highest BCUT2D eigenvalue weighted by molar-refractivity contribution is 6.11. The molecule has 0 spiro atoms. The van der Waals surface area contributed by atoms with E-state index in [2.05, 4.69) is 4.98 Å². The van der Waals surface area contributed by atoms with Crippen molar-refractivity contribution in [3.05, 3.63) is 77.2 Å². The number of rotatable bonds is 6. The number of pyridine rings is 1. The molecule has 1 fully saturated rings. The van der Waals surface area contributed by atoms with Gasteiger partial charge in [0.25, 0.3) is 5.91 Å². The summed E-state index contributed by atoms with van der Waals surface area (Å²) in [6.45, 7) is 1.23. The van der Waals surface area contributed by atoms with Crippen LogP contribution in [0.5, 0.6) is 5.75 Å². The van der Waals surface area contributed by atoms with Crippen LogP contribution in [0.25, 0.3) is 11.3 Å². The highest BCUT2D eigenvalue weighted by Gasteiger charge is 2.33. The number of hydrogen-bond donors (Lipinski definition) is 0. The standard InChI is InChI=1S/C27H23F4N3O3/c1-16(33-12-2-3-24(33)35)17-4-7-19(8-5-17)34-14-22-20(26(34)36)10-11-32-25(22)21-9-6-18(28)13-23(21)37-15-27(29,30)31/h4-11,13,16H,2-3,12,14-15H2,1H3/t16-/m1/s1. The van der Waals surface area contributed by atoms with E-state index in [1.54, 1.807) is 23.1 Å². The fraction of sp³-hybridized carbons (Fsp3) is 0.296. The first-order chi connectivity index (χ1) is 17.6. The normalized spacial score (nSPS) is 16.4. The maximum Gasteiger partial charge on any atom is 0.422 e. The van der Waals surface area contributed by atoms with Crippen LogP contribution in [0.2, 0.25) is 0 Å².